The average Bonchev–Trinajstić information content (AvgIpc) is 3.07. The fraction of sp³-hybridized carbons (Fsp3) is 0.348. The van der Waals surface area contributed by atoms with Crippen LogP contribution in [0.4, 0.5) is 0 Å². The number of rotatable bonds is 6. The van der Waals surface area contributed by atoms with Gasteiger partial charge in [0.15, 0.2) is 5.76 Å². The van der Waals surface area contributed by atoms with E-state index in [0.717, 1.165) is 36.2 Å². The van der Waals surface area contributed by atoms with Crippen molar-refractivity contribution in [2.45, 2.75) is 6.54 Å². The van der Waals surface area contributed by atoms with Crippen LogP contribution < -0.4 is 9.47 Å². The number of phenols is 1. The summed E-state index contributed by atoms with van der Waals surface area (Å²) in [6.07, 6.45) is 1.67. The van der Waals surface area contributed by atoms with Crippen molar-refractivity contribution in [3.8, 4) is 17.2 Å². The summed E-state index contributed by atoms with van der Waals surface area (Å²) in [5.41, 5.74) is 1.79. The Kier molecular flexibility index (Phi) is 6.62. The summed E-state index contributed by atoms with van der Waals surface area (Å²) in [5, 5.41) is 19.6. The number of piperazine rings is 1. The Labute approximate surface area is 189 Å². The van der Waals surface area contributed by atoms with Crippen LogP contribution in [-0.2, 0) is 6.54 Å². The van der Waals surface area contributed by atoms with Gasteiger partial charge in [-0.1, -0.05) is 15.9 Å². The second-order valence-electron chi connectivity index (χ2n) is 7.61. The molecular formula is C23H25BrN2O5. The maximum atomic E-state index is 13.0. The van der Waals surface area contributed by atoms with Crippen molar-refractivity contribution in [2.24, 2.45) is 0 Å². The predicted molar refractivity (Wildman–Crippen MR) is 121 cm³/mol. The number of hydrogen-bond acceptors (Lipinski definition) is 7. The zero-order valence-corrected chi connectivity index (χ0v) is 18.9. The lowest BCUT2D eigenvalue weighted by Gasteiger charge is -2.34. The largest absolute Gasteiger partial charge is 0.507 e. The molecule has 0 atom stereocenters. The molecule has 0 aromatic heterocycles. The topological polar surface area (TPSA) is 82.5 Å². The molecule has 31 heavy (non-hydrogen) atoms. The number of methoxy groups -OCH3 is 1. The Hall–Kier alpha value is -2.39. The van der Waals surface area contributed by atoms with Crippen LogP contribution in [0, 0.1) is 0 Å². The van der Waals surface area contributed by atoms with E-state index in [0.29, 0.717) is 35.7 Å². The summed E-state index contributed by atoms with van der Waals surface area (Å²) < 4.78 is 12.2. The van der Waals surface area contributed by atoms with Crippen LogP contribution in [0.5, 0.6) is 17.2 Å². The van der Waals surface area contributed by atoms with E-state index in [1.54, 1.807) is 25.3 Å². The highest BCUT2D eigenvalue weighted by Gasteiger charge is 2.32. The van der Waals surface area contributed by atoms with E-state index >= 15 is 0 Å². The number of β-amino-alcohol motifs (C(OH)–C–C–N with tert-alkyl or cyclic N) is 1. The number of carbonyl (C=O) groups excluding carboxylic acids is 1. The summed E-state index contributed by atoms with van der Waals surface area (Å²) in [4.78, 5) is 17.4. The minimum absolute atomic E-state index is 0.116. The number of phenolic OH excluding ortho intramolecular Hbond substituents is 1. The molecule has 7 nitrogen and oxygen atoms in total. The molecule has 2 aliphatic rings. The number of ether oxygens (including phenoxy) is 2. The smallest absolute Gasteiger partial charge is 0.231 e. The number of aliphatic hydroxyl groups is 1. The number of aliphatic hydroxyl groups excluding tert-OH is 1. The molecule has 0 bridgehead atoms. The molecule has 0 aliphatic carbocycles. The molecule has 0 saturated carbocycles. The van der Waals surface area contributed by atoms with Crippen molar-refractivity contribution in [1.29, 1.82) is 0 Å². The Morgan fingerprint density at radius 2 is 1.90 bits per heavy atom. The summed E-state index contributed by atoms with van der Waals surface area (Å²) >= 11 is 3.44. The first-order valence-corrected chi connectivity index (χ1v) is 11.0. The van der Waals surface area contributed by atoms with E-state index in [1.165, 1.54) is 0 Å². The van der Waals surface area contributed by atoms with Crippen LogP contribution in [-0.4, -0.2) is 72.2 Å². The second kappa shape index (κ2) is 9.40. The van der Waals surface area contributed by atoms with E-state index in [9.17, 15) is 9.90 Å². The molecule has 2 heterocycles. The number of nitrogens with zero attached hydrogens (tertiary/aromatic N) is 2. The highest BCUT2D eigenvalue weighted by Crippen LogP contribution is 2.40. The lowest BCUT2D eigenvalue weighted by molar-refractivity contribution is 0.101. The highest BCUT2D eigenvalue weighted by atomic mass is 79.9. The minimum atomic E-state index is -0.217. The molecule has 2 N–H and O–H groups in total. The number of Topliss-reactive ketones (excluding diaryl/α,β-unsaturated/α-hetero) is 1. The maximum Gasteiger partial charge on any atom is 0.231 e. The average molecular weight is 489 g/mol. The quantitative estimate of drug-likeness (QED) is 0.604. The third kappa shape index (κ3) is 4.62. The Morgan fingerprint density at radius 3 is 2.61 bits per heavy atom. The molecule has 164 valence electrons. The molecule has 2 aromatic rings. The number of aromatic hydroxyl groups is 1. The van der Waals surface area contributed by atoms with E-state index in [2.05, 4.69) is 25.7 Å². The van der Waals surface area contributed by atoms with Gasteiger partial charge < -0.3 is 19.7 Å². The van der Waals surface area contributed by atoms with Crippen LogP contribution in [0.2, 0.25) is 0 Å². The highest BCUT2D eigenvalue weighted by molar-refractivity contribution is 9.10. The van der Waals surface area contributed by atoms with Gasteiger partial charge in [-0.15, -0.1) is 0 Å². The second-order valence-corrected chi connectivity index (χ2v) is 8.52. The molecule has 2 aliphatic heterocycles. The number of allylic oxidation sites excluding steroid dienone is 1. The van der Waals surface area contributed by atoms with E-state index in [-0.39, 0.29) is 23.9 Å². The molecule has 8 heteroatoms. The number of hydrogen-bond donors (Lipinski definition) is 2. The molecule has 2 aromatic carbocycles. The van der Waals surface area contributed by atoms with Gasteiger partial charge in [0.2, 0.25) is 5.78 Å². The molecule has 4 rings (SSSR count). The van der Waals surface area contributed by atoms with E-state index in [1.807, 2.05) is 18.2 Å². The minimum Gasteiger partial charge on any atom is -0.507 e. The first kappa shape index (κ1) is 21.8. The van der Waals surface area contributed by atoms with E-state index < -0.39 is 0 Å². The van der Waals surface area contributed by atoms with Crippen LogP contribution in [0.3, 0.4) is 0 Å². The monoisotopic (exact) mass is 488 g/mol. The zero-order chi connectivity index (χ0) is 22.0. The first-order valence-electron chi connectivity index (χ1n) is 10.2. The van der Waals surface area contributed by atoms with Crippen molar-refractivity contribution in [1.82, 2.24) is 9.80 Å². The Morgan fingerprint density at radius 1 is 1.16 bits per heavy atom. The standard InChI is InChI=1S/C23H25BrN2O5/c1-30-20-5-2-16(24)12-15(20)13-21-22(29)17-3-4-19(28)18(23(17)31-21)14-26-8-6-25(7-9-26)10-11-27/h2-5,12-13,27-28H,6-11,14H2,1H3/b21-13-. The van der Waals surface area contributed by atoms with Crippen molar-refractivity contribution >= 4 is 27.8 Å². The molecular weight excluding hydrogens is 464 g/mol. The van der Waals surface area contributed by atoms with Gasteiger partial charge in [-0.3, -0.25) is 14.6 Å². The van der Waals surface area contributed by atoms with Gasteiger partial charge in [0.05, 0.1) is 24.8 Å². The molecule has 0 spiro atoms. The predicted octanol–water partition coefficient (Wildman–Crippen LogP) is 2.89. The maximum absolute atomic E-state index is 13.0. The van der Waals surface area contributed by atoms with Gasteiger partial charge in [-0.05, 0) is 36.4 Å². The molecule has 1 saturated heterocycles. The molecule has 0 radical (unpaired) electrons. The lowest BCUT2D eigenvalue weighted by atomic mass is 10.0. The van der Waals surface area contributed by atoms with Gasteiger partial charge in [-0.25, -0.2) is 0 Å². The zero-order valence-electron chi connectivity index (χ0n) is 17.3. The number of ketones is 1. The normalized spacial score (nSPS) is 18.3. The Balaban J connectivity index is 1.58. The van der Waals surface area contributed by atoms with Crippen molar-refractivity contribution in [3.63, 3.8) is 0 Å². The van der Waals surface area contributed by atoms with Crippen LogP contribution in [0.25, 0.3) is 6.08 Å². The molecule has 1 fully saturated rings. The lowest BCUT2D eigenvalue weighted by Crippen LogP contribution is -2.46. The third-order valence-corrected chi connectivity index (χ3v) is 6.15. The summed E-state index contributed by atoms with van der Waals surface area (Å²) in [6, 6.07) is 8.70. The number of halogens is 1. The summed E-state index contributed by atoms with van der Waals surface area (Å²) in [5.74, 6) is 1.15. The first-order chi connectivity index (χ1) is 15.0. The van der Waals surface area contributed by atoms with Gasteiger partial charge >= 0.3 is 0 Å². The van der Waals surface area contributed by atoms with E-state index in [4.69, 9.17) is 14.6 Å². The Bertz CT molecular complexity index is 1020. The molecule has 0 unspecified atom stereocenters. The van der Waals surface area contributed by atoms with Gasteiger partial charge in [0, 0.05) is 49.3 Å². The van der Waals surface area contributed by atoms with Crippen molar-refractivity contribution < 1.29 is 24.5 Å². The van der Waals surface area contributed by atoms with Crippen molar-refractivity contribution in [2.75, 3.05) is 46.4 Å². The summed E-state index contributed by atoms with van der Waals surface area (Å²) in [7, 11) is 1.58. The van der Waals surface area contributed by atoms with Crippen molar-refractivity contribution in [3.05, 3.63) is 57.3 Å². The van der Waals surface area contributed by atoms with Crippen LogP contribution >= 0.6 is 15.9 Å². The number of fused-ring (bicyclic) bond motifs is 1. The van der Waals surface area contributed by atoms with Gasteiger partial charge in [-0.2, -0.15) is 0 Å². The van der Waals surface area contributed by atoms with Gasteiger partial charge in [0.1, 0.15) is 17.2 Å². The number of benzene rings is 2. The fourth-order valence-corrected chi connectivity index (χ4v) is 4.32. The van der Waals surface area contributed by atoms with Crippen LogP contribution in [0.15, 0.2) is 40.6 Å². The SMILES string of the molecule is COc1ccc(Br)cc1/C=C1\Oc2c(ccc(O)c2CN2CCN(CCO)CC2)C1=O. The van der Waals surface area contributed by atoms with Gasteiger partial charge in [0.25, 0.3) is 0 Å². The molecule has 0 amide bonds. The third-order valence-electron chi connectivity index (χ3n) is 5.66. The van der Waals surface area contributed by atoms with Crippen LogP contribution in [0.1, 0.15) is 21.5 Å². The summed E-state index contributed by atoms with van der Waals surface area (Å²) in [6.45, 7) is 4.64. The fourth-order valence-electron chi connectivity index (χ4n) is 3.94. The number of carbonyl (C=O) groups is 1.